The van der Waals surface area contributed by atoms with Gasteiger partial charge < -0.3 is 0 Å². The van der Waals surface area contributed by atoms with Gasteiger partial charge in [-0.2, -0.15) is 0 Å². The van der Waals surface area contributed by atoms with E-state index in [-0.39, 0.29) is 7.43 Å². The third-order valence-electron chi connectivity index (χ3n) is 0.866. The average Bonchev–Trinajstić information content (AvgIpc) is 3.90. The van der Waals surface area contributed by atoms with E-state index in [1.165, 1.54) is 12.8 Å². The Morgan fingerprint density at radius 3 is 0.243 bits per heavy atom. The van der Waals surface area contributed by atoms with Crippen LogP contribution in [0.4, 0.5) is 0 Å². The van der Waals surface area contributed by atoms with Crippen LogP contribution in [0.5, 0.6) is 0 Å². The lowest BCUT2D eigenvalue weighted by Gasteiger charge is -1.53. The summed E-state index contributed by atoms with van der Waals surface area (Å²) >= 11 is 0. The molecule has 256 valence electrons. The first-order chi connectivity index (χ1) is 17.9. The van der Waals surface area contributed by atoms with E-state index < -0.39 is 0 Å². The summed E-state index contributed by atoms with van der Waals surface area (Å²) in [4.78, 5) is 0. The Balaban J connectivity index is -0.00000000771. The first-order valence-electron chi connectivity index (χ1n) is 17.9. The summed E-state index contributed by atoms with van der Waals surface area (Å²) in [7, 11) is 0. The van der Waals surface area contributed by atoms with Gasteiger partial charge in [-0.15, -0.1) is 0 Å². The SMILES string of the molecule is C.CC.CC.CC.CC.CC.CC.CC.CC.CC.CC.CC.CC.CC.CC.CC.CC.CC1CC1. The molecule has 37 heavy (non-hydrogen) atoms. The van der Waals surface area contributed by atoms with Crippen molar-refractivity contribution in [3.63, 3.8) is 0 Å². The summed E-state index contributed by atoms with van der Waals surface area (Å²) in [6.07, 6.45) is 2.97. The Hall–Kier alpha value is 0. The Kier molecular flexibility index (Phi) is 5720. The molecule has 1 rings (SSSR count). The van der Waals surface area contributed by atoms with Crippen LogP contribution in [0.25, 0.3) is 0 Å². The van der Waals surface area contributed by atoms with Gasteiger partial charge in [0.25, 0.3) is 0 Å². The monoisotopic (exact) mass is 553 g/mol. The average molecular weight is 553 g/mol. The van der Waals surface area contributed by atoms with E-state index in [0.717, 1.165) is 5.92 Å². The summed E-state index contributed by atoms with van der Waals surface area (Å²) in [6, 6.07) is 0. The molecule has 0 nitrogen and oxygen atoms in total. The van der Waals surface area contributed by atoms with Crippen molar-refractivity contribution in [3.05, 3.63) is 0 Å². The molecular weight excluding hydrogens is 444 g/mol. The van der Waals surface area contributed by atoms with Crippen LogP contribution in [-0.2, 0) is 0 Å². The van der Waals surface area contributed by atoms with Crippen molar-refractivity contribution in [1.29, 1.82) is 0 Å². The van der Waals surface area contributed by atoms with Crippen molar-refractivity contribution in [3.8, 4) is 0 Å². The largest absolute Gasteiger partial charge is 0.0776 e. The van der Waals surface area contributed by atoms with Crippen molar-refractivity contribution in [2.24, 2.45) is 5.92 Å². The molecule has 1 fully saturated rings. The van der Waals surface area contributed by atoms with Crippen LogP contribution in [0, 0.1) is 5.92 Å². The van der Waals surface area contributed by atoms with Gasteiger partial charge in [0, 0.05) is 0 Å². The number of hydrogen-bond acceptors (Lipinski definition) is 0. The fourth-order valence-electron chi connectivity index (χ4n) is 0.167. The molecule has 0 bridgehead atoms. The second kappa shape index (κ2) is 1760. The second-order valence-electron chi connectivity index (χ2n) is 1.68. The van der Waals surface area contributed by atoms with E-state index in [1.54, 1.807) is 0 Å². The maximum Gasteiger partial charge on any atom is -0.0443 e. The lowest BCUT2D eigenvalue weighted by Crippen LogP contribution is -1.42. The zero-order chi connectivity index (χ0) is 35.0. The zero-order valence-electron chi connectivity index (χ0n) is 35.0. The van der Waals surface area contributed by atoms with Crippen molar-refractivity contribution in [2.45, 2.75) is 249 Å². The summed E-state index contributed by atoms with van der Waals surface area (Å²) in [5.74, 6) is 1.08. The van der Waals surface area contributed by atoms with Crippen molar-refractivity contribution in [1.82, 2.24) is 0 Å². The van der Waals surface area contributed by atoms with E-state index in [9.17, 15) is 0 Å². The summed E-state index contributed by atoms with van der Waals surface area (Å²) in [5, 5.41) is 0. The molecule has 0 radical (unpaired) electrons. The zero-order valence-corrected chi connectivity index (χ0v) is 35.0. The predicted molar refractivity (Wildman–Crippen MR) is 207 cm³/mol. The molecule has 0 aromatic heterocycles. The molecule has 0 unspecified atom stereocenters. The maximum atomic E-state index is 2.28. The van der Waals surface area contributed by atoms with Crippen molar-refractivity contribution < 1.29 is 0 Å². The quantitative estimate of drug-likeness (QED) is 0.280. The fourth-order valence-corrected chi connectivity index (χ4v) is 0.167. The van der Waals surface area contributed by atoms with Crippen LogP contribution in [-0.4, -0.2) is 0 Å². The van der Waals surface area contributed by atoms with E-state index >= 15 is 0 Å². The van der Waals surface area contributed by atoms with Gasteiger partial charge >= 0.3 is 0 Å². The third kappa shape index (κ3) is 4620. The molecule has 1 aliphatic rings. The molecule has 0 saturated heterocycles. The van der Waals surface area contributed by atoms with Gasteiger partial charge in [-0.05, 0) is 5.92 Å². The van der Waals surface area contributed by atoms with E-state index in [0.29, 0.717) is 0 Å². The van der Waals surface area contributed by atoms with Gasteiger partial charge in [0.05, 0.1) is 0 Å². The highest BCUT2D eigenvalue weighted by atomic mass is 14.2. The first-order valence-corrected chi connectivity index (χ1v) is 17.9. The molecule has 0 heteroatoms. The van der Waals surface area contributed by atoms with Crippen molar-refractivity contribution >= 4 is 0 Å². The molecule has 0 amide bonds. The molecule has 0 aromatic carbocycles. The van der Waals surface area contributed by atoms with Crippen LogP contribution in [0.3, 0.4) is 0 Å². The topological polar surface area (TPSA) is 0 Å². The fraction of sp³-hybridized carbons (Fsp3) is 1.00. The van der Waals surface area contributed by atoms with Gasteiger partial charge in [0.2, 0.25) is 0 Å². The molecule has 0 spiro atoms. The summed E-state index contributed by atoms with van der Waals surface area (Å²) in [6.45, 7) is 66.3. The van der Waals surface area contributed by atoms with Gasteiger partial charge in [0.1, 0.15) is 0 Å². The van der Waals surface area contributed by atoms with Crippen molar-refractivity contribution in [2.75, 3.05) is 0 Å². The van der Waals surface area contributed by atoms with Crippen LogP contribution in [0.1, 0.15) is 249 Å². The molecule has 0 N–H and O–H groups in total. The standard InChI is InChI=1S/C4H8.16C2H6.CH4/c1-4-2-3-4;16*1-2;/h4H,2-3H2,1H3;16*1-2H3;1H4. The molecule has 0 heterocycles. The highest BCUT2D eigenvalue weighted by Crippen LogP contribution is 2.26. The Morgan fingerprint density at radius 1 is 0.216 bits per heavy atom. The third-order valence-corrected chi connectivity index (χ3v) is 0.866. The summed E-state index contributed by atoms with van der Waals surface area (Å²) < 4.78 is 0. The highest BCUT2D eigenvalue weighted by molar-refractivity contribution is 4.65. The Bertz CT molecular complexity index is 19.2. The molecule has 0 aliphatic heterocycles. The smallest absolute Gasteiger partial charge is 0.0443 e. The summed E-state index contributed by atoms with van der Waals surface area (Å²) in [5.41, 5.74) is 0. The maximum absolute atomic E-state index is 2.28. The predicted octanol–water partition coefficient (Wildman–Crippen LogP) is 18.5. The minimum atomic E-state index is 0. The molecule has 1 aliphatic carbocycles. The van der Waals surface area contributed by atoms with Crippen LogP contribution >= 0.6 is 0 Å². The molecule has 0 atom stereocenters. The van der Waals surface area contributed by atoms with E-state index in [4.69, 9.17) is 0 Å². The number of hydrogen-bond donors (Lipinski definition) is 0. The van der Waals surface area contributed by atoms with Gasteiger partial charge in [-0.1, -0.05) is 249 Å². The normalized spacial score (nSPS) is 5.43. The van der Waals surface area contributed by atoms with Gasteiger partial charge in [0.15, 0.2) is 0 Å². The van der Waals surface area contributed by atoms with Crippen LogP contribution in [0.2, 0.25) is 0 Å². The molecule has 1 saturated carbocycles. The molecular formula is C37H108. The minimum Gasteiger partial charge on any atom is -0.0776 e. The highest BCUT2D eigenvalue weighted by Gasteiger charge is 2.12. The van der Waals surface area contributed by atoms with Gasteiger partial charge in [-0.3, -0.25) is 0 Å². The lowest BCUT2D eigenvalue weighted by molar-refractivity contribution is 0.983. The van der Waals surface area contributed by atoms with Gasteiger partial charge in [-0.25, -0.2) is 0 Å². The van der Waals surface area contributed by atoms with Crippen LogP contribution < -0.4 is 0 Å². The van der Waals surface area contributed by atoms with E-state index in [1.807, 2.05) is 222 Å². The Morgan fingerprint density at radius 2 is 0.243 bits per heavy atom. The minimum absolute atomic E-state index is 0. The first kappa shape index (κ1) is 120. The van der Waals surface area contributed by atoms with Crippen LogP contribution in [0.15, 0.2) is 0 Å². The second-order valence-corrected chi connectivity index (χ2v) is 1.68. The van der Waals surface area contributed by atoms with E-state index in [2.05, 4.69) is 6.92 Å². The molecule has 0 aromatic rings. The Labute approximate surface area is 254 Å². The number of rotatable bonds is 0. The lowest BCUT2D eigenvalue weighted by atomic mass is 10.5.